The van der Waals surface area contributed by atoms with E-state index in [-0.39, 0.29) is 11.2 Å². The zero-order chi connectivity index (χ0) is 29.5. The predicted octanol–water partition coefficient (Wildman–Crippen LogP) is 5.56. The summed E-state index contributed by atoms with van der Waals surface area (Å²) in [5.41, 5.74) is 3.54. The summed E-state index contributed by atoms with van der Waals surface area (Å²) in [5.74, 6) is -0.323. The lowest BCUT2D eigenvalue weighted by Gasteiger charge is -2.31. The Morgan fingerprint density at radius 3 is 2.60 bits per heavy atom. The summed E-state index contributed by atoms with van der Waals surface area (Å²) < 4.78 is 15.8. The maximum Gasteiger partial charge on any atom is 0.148 e. The summed E-state index contributed by atoms with van der Waals surface area (Å²) in [6.07, 6.45) is 7.41. The van der Waals surface area contributed by atoms with Crippen LogP contribution in [-0.4, -0.2) is 39.4 Å². The van der Waals surface area contributed by atoms with Crippen molar-refractivity contribution in [2.45, 2.75) is 43.6 Å². The molecule has 11 heteroatoms. The van der Waals surface area contributed by atoms with Gasteiger partial charge in [0, 0.05) is 41.1 Å². The highest BCUT2D eigenvalue weighted by atomic mass is 35.5. The molecule has 2 N–H and O–H groups in total. The number of nitrogens with zero attached hydrogens (tertiary/aromatic N) is 6. The lowest BCUT2D eigenvalue weighted by Crippen LogP contribution is -2.37. The van der Waals surface area contributed by atoms with Gasteiger partial charge in [0.05, 0.1) is 39.5 Å². The Kier molecular flexibility index (Phi) is 7.07. The standard InChI is InChI=1S/C31H29BClFN8/c1-30(2,26-5-3-4-12-36-26)18-38-28-19(15-35)16-37-29-24(28)13-22(14-25(29)33)39-31(32,20-6-8-21(34)9-7-20)27-17-42(41-40-27)23-10-11-23/h3-9,12-14,16-17,23,39H,10-11,18,32H2,1-2H3,(H,37,38). The van der Waals surface area contributed by atoms with E-state index in [0.717, 1.165) is 24.1 Å². The highest BCUT2D eigenvalue weighted by Gasteiger charge is 2.34. The van der Waals surface area contributed by atoms with Crippen LogP contribution in [0.5, 0.6) is 0 Å². The van der Waals surface area contributed by atoms with Crippen LogP contribution in [-0.2, 0) is 10.9 Å². The minimum Gasteiger partial charge on any atom is -0.382 e. The van der Waals surface area contributed by atoms with Crippen LogP contribution >= 0.6 is 11.6 Å². The van der Waals surface area contributed by atoms with Crippen molar-refractivity contribution < 1.29 is 4.39 Å². The van der Waals surface area contributed by atoms with E-state index in [9.17, 15) is 9.65 Å². The molecule has 1 saturated carbocycles. The first-order valence-electron chi connectivity index (χ1n) is 13.8. The zero-order valence-electron chi connectivity index (χ0n) is 23.6. The quantitative estimate of drug-likeness (QED) is 0.221. The second kappa shape index (κ2) is 10.7. The van der Waals surface area contributed by atoms with Crippen LogP contribution in [0.3, 0.4) is 0 Å². The van der Waals surface area contributed by atoms with Gasteiger partial charge in [0.2, 0.25) is 0 Å². The fraction of sp³-hybridized carbons (Fsp3) is 0.258. The van der Waals surface area contributed by atoms with Crippen LogP contribution in [0.15, 0.2) is 73.2 Å². The van der Waals surface area contributed by atoms with Crippen molar-refractivity contribution in [1.82, 2.24) is 25.0 Å². The number of nitrogens with one attached hydrogen (secondary N) is 2. The summed E-state index contributed by atoms with van der Waals surface area (Å²) in [6, 6.07) is 18.5. The van der Waals surface area contributed by atoms with Crippen molar-refractivity contribution in [3.05, 3.63) is 107 Å². The van der Waals surface area contributed by atoms with E-state index in [1.165, 1.54) is 18.3 Å². The van der Waals surface area contributed by atoms with Gasteiger partial charge in [0.15, 0.2) is 0 Å². The molecule has 0 amide bonds. The number of anilines is 2. The number of hydrogen-bond acceptors (Lipinski definition) is 7. The first kappa shape index (κ1) is 27.7. The number of nitriles is 1. The van der Waals surface area contributed by atoms with Crippen LogP contribution in [0.4, 0.5) is 15.8 Å². The largest absolute Gasteiger partial charge is 0.382 e. The second-order valence-corrected chi connectivity index (χ2v) is 11.9. The van der Waals surface area contributed by atoms with Gasteiger partial charge >= 0.3 is 0 Å². The zero-order valence-corrected chi connectivity index (χ0v) is 24.3. The first-order chi connectivity index (χ1) is 20.2. The molecule has 0 bridgehead atoms. The van der Waals surface area contributed by atoms with E-state index >= 15 is 0 Å². The Morgan fingerprint density at radius 1 is 1.12 bits per heavy atom. The Bertz CT molecular complexity index is 1800. The van der Waals surface area contributed by atoms with E-state index < -0.39 is 5.44 Å². The minimum absolute atomic E-state index is 0.322. The molecule has 42 heavy (non-hydrogen) atoms. The maximum absolute atomic E-state index is 13.9. The van der Waals surface area contributed by atoms with Crippen molar-refractivity contribution in [1.29, 1.82) is 5.26 Å². The molecule has 0 aliphatic heterocycles. The van der Waals surface area contributed by atoms with Crippen LogP contribution in [0.2, 0.25) is 5.02 Å². The van der Waals surface area contributed by atoms with Gasteiger partial charge in [-0.05, 0) is 54.8 Å². The molecule has 210 valence electrons. The fourth-order valence-electron chi connectivity index (χ4n) is 5.15. The monoisotopic (exact) mass is 578 g/mol. The average molecular weight is 579 g/mol. The molecule has 0 spiro atoms. The van der Waals surface area contributed by atoms with Crippen molar-refractivity contribution in [2.24, 2.45) is 0 Å². The summed E-state index contributed by atoms with van der Waals surface area (Å²) in [5, 5.41) is 27.1. The number of halogens is 2. The number of fused-ring (bicyclic) bond motifs is 1. The number of rotatable bonds is 9. The van der Waals surface area contributed by atoms with Gasteiger partial charge in [-0.1, -0.05) is 48.9 Å². The highest BCUT2D eigenvalue weighted by molar-refractivity contribution is 6.36. The first-order valence-corrected chi connectivity index (χ1v) is 14.2. The van der Waals surface area contributed by atoms with Gasteiger partial charge in [0.1, 0.15) is 25.4 Å². The number of benzene rings is 2. The third-order valence-electron chi connectivity index (χ3n) is 7.87. The molecule has 3 heterocycles. The molecule has 1 aliphatic rings. The lowest BCUT2D eigenvalue weighted by molar-refractivity contribution is 0.538. The Labute approximate surface area is 249 Å². The molecule has 1 aliphatic carbocycles. The number of pyridine rings is 2. The molecule has 0 radical (unpaired) electrons. The molecule has 1 unspecified atom stereocenters. The van der Waals surface area contributed by atoms with Gasteiger partial charge in [0.25, 0.3) is 0 Å². The van der Waals surface area contributed by atoms with Crippen LogP contribution in [0, 0.1) is 17.1 Å². The topological polar surface area (TPSA) is 104 Å². The van der Waals surface area contributed by atoms with Gasteiger partial charge in [-0.3, -0.25) is 9.97 Å². The molecule has 6 rings (SSSR count). The van der Waals surface area contributed by atoms with Gasteiger partial charge < -0.3 is 10.6 Å². The highest BCUT2D eigenvalue weighted by Crippen LogP contribution is 2.39. The average Bonchev–Trinajstić information content (AvgIpc) is 3.72. The Hall–Kier alpha value is -4.49. The van der Waals surface area contributed by atoms with E-state index in [0.29, 0.717) is 51.1 Å². The number of aromatic nitrogens is 5. The summed E-state index contributed by atoms with van der Waals surface area (Å²) >= 11 is 6.81. The summed E-state index contributed by atoms with van der Waals surface area (Å²) in [7, 11) is 1.98. The molecule has 3 aromatic heterocycles. The molecule has 1 fully saturated rings. The molecule has 2 aromatic carbocycles. The van der Waals surface area contributed by atoms with E-state index in [1.54, 1.807) is 24.4 Å². The van der Waals surface area contributed by atoms with Crippen LogP contribution in [0.25, 0.3) is 10.9 Å². The third kappa shape index (κ3) is 5.28. The lowest BCUT2D eigenvalue weighted by atomic mass is 9.69. The van der Waals surface area contributed by atoms with Crippen LogP contribution < -0.4 is 10.6 Å². The molecule has 1 atom stereocenters. The van der Waals surface area contributed by atoms with Crippen molar-refractivity contribution >= 4 is 41.7 Å². The van der Waals surface area contributed by atoms with Crippen molar-refractivity contribution in [2.75, 3.05) is 17.2 Å². The smallest absolute Gasteiger partial charge is 0.148 e. The predicted molar refractivity (Wildman–Crippen MR) is 165 cm³/mol. The second-order valence-electron chi connectivity index (χ2n) is 11.5. The van der Waals surface area contributed by atoms with Gasteiger partial charge in [-0.2, -0.15) is 5.26 Å². The molecule has 8 nitrogen and oxygen atoms in total. The third-order valence-corrected chi connectivity index (χ3v) is 8.16. The van der Waals surface area contributed by atoms with Gasteiger partial charge in [-0.15, -0.1) is 5.10 Å². The number of hydrogen-bond donors (Lipinski definition) is 2. The fourth-order valence-corrected chi connectivity index (χ4v) is 5.42. The summed E-state index contributed by atoms with van der Waals surface area (Å²) in [4.78, 5) is 9.04. The molecule has 5 aromatic rings. The molecular weight excluding hydrogens is 550 g/mol. The molecular formula is C31H29BClFN8. The maximum atomic E-state index is 13.9. The Morgan fingerprint density at radius 2 is 1.90 bits per heavy atom. The van der Waals surface area contributed by atoms with E-state index in [4.69, 9.17) is 11.6 Å². The van der Waals surface area contributed by atoms with Crippen molar-refractivity contribution in [3.63, 3.8) is 0 Å². The van der Waals surface area contributed by atoms with Crippen molar-refractivity contribution in [3.8, 4) is 6.07 Å². The van der Waals surface area contributed by atoms with E-state index in [2.05, 4.69) is 50.8 Å². The normalized spacial score (nSPS) is 14.7. The molecule has 0 saturated heterocycles. The van der Waals surface area contributed by atoms with Crippen LogP contribution in [0.1, 0.15) is 55.2 Å². The Balaban J connectivity index is 1.41. The summed E-state index contributed by atoms with van der Waals surface area (Å²) in [6.45, 7) is 4.71. The van der Waals surface area contributed by atoms with E-state index in [1.807, 2.05) is 43.0 Å². The minimum atomic E-state index is -0.868. The van der Waals surface area contributed by atoms with Gasteiger partial charge in [-0.25, -0.2) is 9.07 Å². The SMILES string of the molecule is BC(Nc1cc(Cl)c2ncc(C#N)c(NCC(C)(C)c3ccccn3)c2c1)(c1ccc(F)cc1)c1cn(C2CC2)nn1.